The fourth-order valence-corrected chi connectivity index (χ4v) is 2.85. The van der Waals surface area contributed by atoms with Crippen molar-refractivity contribution < 1.29 is 14.3 Å². The number of carbonyl (C=O) groups excluding carboxylic acids is 1. The van der Waals surface area contributed by atoms with Crippen molar-refractivity contribution in [2.45, 2.75) is 46.0 Å². The van der Waals surface area contributed by atoms with Crippen LogP contribution < -0.4 is 9.47 Å². The molecule has 2 rings (SSSR count). The van der Waals surface area contributed by atoms with Gasteiger partial charge in [0, 0.05) is 17.5 Å². The fourth-order valence-electron chi connectivity index (χ4n) is 2.85. The van der Waals surface area contributed by atoms with E-state index in [1.165, 1.54) is 0 Å². The maximum atomic E-state index is 13.0. The lowest BCUT2D eigenvalue weighted by Crippen LogP contribution is -2.10. The molecule has 133 valence electrons. The lowest BCUT2D eigenvalue weighted by atomic mass is 9.88. The summed E-state index contributed by atoms with van der Waals surface area (Å²) in [6.07, 6.45) is 0.273. The third kappa shape index (κ3) is 4.41. The van der Waals surface area contributed by atoms with E-state index in [1.807, 2.05) is 30.3 Å². The van der Waals surface area contributed by atoms with Gasteiger partial charge in [-0.15, -0.1) is 0 Å². The molecular formula is C22H27O3. The number of hydrogen-bond acceptors (Lipinski definition) is 3. The summed E-state index contributed by atoms with van der Waals surface area (Å²) < 4.78 is 10.7. The molecule has 2 aromatic carbocycles. The van der Waals surface area contributed by atoms with Gasteiger partial charge in [0.05, 0.1) is 14.2 Å². The third-order valence-electron chi connectivity index (χ3n) is 4.34. The average molecular weight is 339 g/mol. The van der Waals surface area contributed by atoms with E-state index in [9.17, 15) is 4.79 Å². The molecule has 0 unspecified atom stereocenters. The summed E-state index contributed by atoms with van der Waals surface area (Å²) in [5.41, 5.74) is 3.69. The van der Waals surface area contributed by atoms with Gasteiger partial charge in [-0.1, -0.05) is 39.8 Å². The molecule has 0 amide bonds. The molecule has 0 aliphatic heterocycles. The molecule has 0 saturated carbocycles. The lowest BCUT2D eigenvalue weighted by Gasteiger charge is -2.16. The standard InChI is InChI=1S/C22H27O3/c1-14(2)16-7-9-19(20(12-16)15(3)4)21(23)13-17-11-18(24-5)8-10-22(17)25-6/h7-11,14-15H,13H2,1-6H3. The van der Waals surface area contributed by atoms with Crippen molar-refractivity contribution in [1.82, 2.24) is 0 Å². The summed E-state index contributed by atoms with van der Waals surface area (Å²) in [5, 5.41) is 0. The quantitative estimate of drug-likeness (QED) is 0.652. The van der Waals surface area contributed by atoms with E-state index in [-0.39, 0.29) is 18.1 Å². The first-order chi connectivity index (χ1) is 11.9. The molecule has 1 radical (unpaired) electrons. The SMILES string of the molecule is COc1ccc(OC)c(CC(=O)c2ccc(C(C)C)[c]c2C(C)C)c1. The first-order valence-electron chi connectivity index (χ1n) is 8.67. The van der Waals surface area contributed by atoms with Crippen molar-refractivity contribution in [2.24, 2.45) is 0 Å². The van der Waals surface area contributed by atoms with Crippen LogP contribution in [0, 0.1) is 6.07 Å². The largest absolute Gasteiger partial charge is 0.497 e. The van der Waals surface area contributed by atoms with Crippen molar-refractivity contribution in [3.05, 3.63) is 58.7 Å². The smallest absolute Gasteiger partial charge is 0.167 e. The van der Waals surface area contributed by atoms with E-state index >= 15 is 0 Å². The Morgan fingerprint density at radius 1 is 1.00 bits per heavy atom. The lowest BCUT2D eigenvalue weighted by molar-refractivity contribution is 0.0990. The van der Waals surface area contributed by atoms with Crippen LogP contribution in [0.4, 0.5) is 0 Å². The Balaban J connectivity index is 2.38. The number of carbonyl (C=O) groups is 1. The predicted octanol–water partition coefficient (Wildman–Crippen LogP) is 5.18. The van der Waals surface area contributed by atoms with Crippen LogP contribution in [0.3, 0.4) is 0 Å². The molecule has 0 aromatic heterocycles. The van der Waals surface area contributed by atoms with Crippen LogP contribution in [0.15, 0.2) is 30.3 Å². The van der Waals surface area contributed by atoms with Crippen LogP contribution in [0.2, 0.25) is 0 Å². The second-order valence-electron chi connectivity index (χ2n) is 6.83. The second kappa shape index (κ2) is 8.19. The molecule has 3 heteroatoms. The highest BCUT2D eigenvalue weighted by Gasteiger charge is 2.18. The molecule has 2 aromatic rings. The molecule has 0 heterocycles. The van der Waals surface area contributed by atoms with Gasteiger partial charge >= 0.3 is 0 Å². The van der Waals surface area contributed by atoms with Gasteiger partial charge in [0.1, 0.15) is 11.5 Å². The number of methoxy groups -OCH3 is 2. The van der Waals surface area contributed by atoms with Gasteiger partial charge in [0.2, 0.25) is 0 Å². The Labute approximate surface area is 151 Å². The molecule has 25 heavy (non-hydrogen) atoms. The minimum Gasteiger partial charge on any atom is -0.497 e. The summed E-state index contributed by atoms with van der Waals surface area (Å²) in [5.74, 6) is 2.12. The Bertz CT molecular complexity index is 745. The van der Waals surface area contributed by atoms with E-state index in [1.54, 1.807) is 14.2 Å². The monoisotopic (exact) mass is 339 g/mol. The van der Waals surface area contributed by atoms with E-state index in [0.29, 0.717) is 11.7 Å². The van der Waals surface area contributed by atoms with E-state index in [4.69, 9.17) is 9.47 Å². The molecular weight excluding hydrogens is 312 g/mol. The number of rotatable bonds is 7. The van der Waals surface area contributed by atoms with Gasteiger partial charge < -0.3 is 9.47 Å². The number of hydrogen-bond donors (Lipinski definition) is 0. The number of benzene rings is 2. The highest BCUT2D eigenvalue weighted by molar-refractivity contribution is 5.99. The normalized spacial score (nSPS) is 11.0. The van der Waals surface area contributed by atoms with Crippen LogP contribution >= 0.6 is 0 Å². The van der Waals surface area contributed by atoms with Crippen LogP contribution in [0.5, 0.6) is 11.5 Å². The molecule has 3 nitrogen and oxygen atoms in total. The Hall–Kier alpha value is -2.29. The first kappa shape index (κ1) is 19.0. The topological polar surface area (TPSA) is 35.5 Å². The molecule has 0 N–H and O–H groups in total. The summed E-state index contributed by atoms with van der Waals surface area (Å²) in [6, 6.07) is 12.9. The average Bonchev–Trinajstić information content (AvgIpc) is 2.60. The Morgan fingerprint density at radius 3 is 2.28 bits per heavy atom. The summed E-state index contributed by atoms with van der Waals surface area (Å²) in [7, 11) is 3.23. The minimum atomic E-state index is 0.0711. The van der Waals surface area contributed by atoms with Crippen molar-refractivity contribution in [3.63, 3.8) is 0 Å². The van der Waals surface area contributed by atoms with Gasteiger partial charge in [-0.2, -0.15) is 0 Å². The van der Waals surface area contributed by atoms with Crippen molar-refractivity contribution in [3.8, 4) is 11.5 Å². The van der Waals surface area contributed by atoms with Gasteiger partial charge in [-0.05, 0) is 47.2 Å². The maximum Gasteiger partial charge on any atom is 0.167 e. The van der Waals surface area contributed by atoms with Crippen molar-refractivity contribution >= 4 is 5.78 Å². The van der Waals surface area contributed by atoms with Gasteiger partial charge in [0.25, 0.3) is 0 Å². The summed E-state index contributed by atoms with van der Waals surface area (Å²) >= 11 is 0. The maximum absolute atomic E-state index is 13.0. The molecule has 0 fully saturated rings. The molecule has 0 spiro atoms. The molecule has 0 atom stereocenters. The highest BCUT2D eigenvalue weighted by atomic mass is 16.5. The molecule has 0 saturated heterocycles. The van der Waals surface area contributed by atoms with Crippen molar-refractivity contribution in [2.75, 3.05) is 14.2 Å². The zero-order valence-electron chi connectivity index (χ0n) is 16.0. The van der Waals surface area contributed by atoms with E-state index in [2.05, 4.69) is 33.8 Å². The molecule has 0 aliphatic carbocycles. The van der Waals surface area contributed by atoms with Crippen LogP contribution in [0.1, 0.15) is 66.6 Å². The zero-order valence-corrected chi connectivity index (χ0v) is 16.0. The minimum absolute atomic E-state index is 0.0711. The van der Waals surface area contributed by atoms with Gasteiger partial charge in [-0.3, -0.25) is 4.79 Å². The first-order valence-corrected chi connectivity index (χ1v) is 8.67. The van der Waals surface area contributed by atoms with Crippen LogP contribution in [-0.2, 0) is 6.42 Å². The predicted molar refractivity (Wildman–Crippen MR) is 101 cm³/mol. The van der Waals surface area contributed by atoms with E-state index < -0.39 is 0 Å². The Morgan fingerprint density at radius 2 is 1.72 bits per heavy atom. The Kier molecular flexibility index (Phi) is 6.24. The second-order valence-corrected chi connectivity index (χ2v) is 6.83. The number of Topliss-reactive ketones (excluding diaryl/α,β-unsaturated/α-hetero) is 1. The fraction of sp³-hybridized carbons (Fsp3) is 0.409. The summed E-state index contributed by atoms with van der Waals surface area (Å²) in [4.78, 5) is 13.0. The number of ether oxygens (including phenoxy) is 2. The number of ketones is 1. The van der Waals surface area contributed by atoms with Gasteiger partial charge in [-0.25, -0.2) is 0 Å². The molecule has 0 bridgehead atoms. The zero-order chi connectivity index (χ0) is 18.6. The summed E-state index contributed by atoms with van der Waals surface area (Å²) in [6.45, 7) is 8.47. The highest BCUT2D eigenvalue weighted by Crippen LogP contribution is 2.28. The van der Waals surface area contributed by atoms with Crippen molar-refractivity contribution in [1.29, 1.82) is 0 Å². The molecule has 0 aliphatic rings. The van der Waals surface area contributed by atoms with Crippen LogP contribution in [-0.4, -0.2) is 20.0 Å². The van der Waals surface area contributed by atoms with Gasteiger partial charge in [0.15, 0.2) is 5.78 Å². The van der Waals surface area contributed by atoms with Crippen LogP contribution in [0.25, 0.3) is 0 Å². The van der Waals surface area contributed by atoms with E-state index in [0.717, 1.165) is 28.0 Å². The third-order valence-corrected chi connectivity index (χ3v) is 4.34.